The van der Waals surface area contributed by atoms with Gasteiger partial charge in [-0.05, 0) is 49.5 Å². The monoisotopic (exact) mass is 358 g/mol. The average Bonchev–Trinajstić information content (AvgIpc) is 3.41. The van der Waals surface area contributed by atoms with E-state index in [0.29, 0.717) is 31.2 Å². The van der Waals surface area contributed by atoms with Gasteiger partial charge in [0.05, 0.1) is 6.10 Å². The van der Waals surface area contributed by atoms with Crippen LogP contribution < -0.4 is 5.32 Å². The molecule has 7 nitrogen and oxygen atoms in total. The fraction of sp³-hybridized carbons (Fsp3) is 0.684. The summed E-state index contributed by atoms with van der Waals surface area (Å²) in [5, 5.41) is 3.01. The number of fused-ring (bicyclic) bond motifs is 1. The van der Waals surface area contributed by atoms with Gasteiger partial charge in [-0.1, -0.05) is 0 Å². The van der Waals surface area contributed by atoms with Crippen LogP contribution in [0.3, 0.4) is 0 Å². The smallest absolute Gasteiger partial charge is 0.249 e. The fourth-order valence-corrected chi connectivity index (χ4v) is 3.87. The molecule has 3 heterocycles. The van der Waals surface area contributed by atoms with Gasteiger partial charge in [0.25, 0.3) is 0 Å². The number of carbonyl (C=O) groups excluding carboxylic acids is 2. The third-order valence-electron chi connectivity index (χ3n) is 5.70. The van der Waals surface area contributed by atoms with Gasteiger partial charge in [-0.2, -0.15) is 0 Å². The van der Waals surface area contributed by atoms with Gasteiger partial charge in [-0.15, -0.1) is 0 Å². The molecule has 3 atom stereocenters. The van der Waals surface area contributed by atoms with Gasteiger partial charge in [0.15, 0.2) is 0 Å². The highest BCUT2D eigenvalue weighted by Crippen LogP contribution is 2.34. The van der Waals surface area contributed by atoms with Crippen molar-refractivity contribution in [2.24, 2.45) is 11.8 Å². The molecular formula is C19H26N4O3. The van der Waals surface area contributed by atoms with Crippen molar-refractivity contribution in [1.29, 1.82) is 0 Å². The first kappa shape index (κ1) is 17.4. The average molecular weight is 358 g/mol. The van der Waals surface area contributed by atoms with Gasteiger partial charge in [-0.25, -0.2) is 9.97 Å². The van der Waals surface area contributed by atoms with Gasteiger partial charge in [0.1, 0.15) is 12.4 Å². The van der Waals surface area contributed by atoms with Gasteiger partial charge in [0, 0.05) is 38.4 Å². The Hall–Kier alpha value is -2.02. The number of nitrogens with zero attached hydrogens (tertiary/aromatic N) is 3. The maximum Gasteiger partial charge on any atom is 0.249 e. The molecular weight excluding hydrogens is 332 g/mol. The Morgan fingerprint density at radius 2 is 2.04 bits per heavy atom. The number of piperidine rings is 1. The van der Waals surface area contributed by atoms with E-state index in [9.17, 15) is 9.59 Å². The fourth-order valence-electron chi connectivity index (χ4n) is 3.87. The zero-order valence-electron chi connectivity index (χ0n) is 15.0. The molecule has 3 fully saturated rings. The lowest BCUT2D eigenvalue weighted by Crippen LogP contribution is -2.45. The lowest BCUT2D eigenvalue weighted by Gasteiger charge is -2.34. The molecule has 2 saturated heterocycles. The highest BCUT2D eigenvalue weighted by atomic mass is 16.5. The van der Waals surface area contributed by atoms with E-state index in [1.165, 1.54) is 19.2 Å². The van der Waals surface area contributed by atoms with Crippen LogP contribution in [0.5, 0.6) is 0 Å². The first-order valence-electron chi connectivity index (χ1n) is 9.64. The molecule has 1 N–H and O–H groups in total. The second kappa shape index (κ2) is 7.70. The maximum absolute atomic E-state index is 12.5. The highest BCUT2D eigenvalue weighted by molar-refractivity contribution is 5.81. The molecule has 4 rings (SSSR count). The minimum absolute atomic E-state index is 0.00978. The summed E-state index contributed by atoms with van der Waals surface area (Å²) in [6.07, 6.45) is 9.88. The van der Waals surface area contributed by atoms with Gasteiger partial charge in [-0.3, -0.25) is 9.59 Å². The van der Waals surface area contributed by atoms with Crippen molar-refractivity contribution in [1.82, 2.24) is 20.2 Å². The normalized spacial score (nSPS) is 27.8. The third-order valence-corrected chi connectivity index (χ3v) is 5.70. The Morgan fingerprint density at radius 3 is 2.81 bits per heavy atom. The number of rotatable bonds is 6. The summed E-state index contributed by atoms with van der Waals surface area (Å²) >= 11 is 0. The van der Waals surface area contributed by atoms with Crippen LogP contribution in [-0.4, -0.2) is 58.5 Å². The van der Waals surface area contributed by atoms with Crippen molar-refractivity contribution in [3.8, 4) is 0 Å². The van der Waals surface area contributed by atoms with Gasteiger partial charge in [0.2, 0.25) is 11.8 Å². The molecule has 0 aromatic carbocycles. The van der Waals surface area contributed by atoms with E-state index in [0.717, 1.165) is 31.5 Å². The van der Waals surface area contributed by atoms with Crippen LogP contribution in [0.15, 0.2) is 18.7 Å². The summed E-state index contributed by atoms with van der Waals surface area (Å²) in [6, 6.07) is 0. The van der Waals surface area contributed by atoms with Crippen LogP contribution in [0.1, 0.15) is 37.7 Å². The number of hydrogen-bond acceptors (Lipinski definition) is 5. The van der Waals surface area contributed by atoms with Gasteiger partial charge < -0.3 is 15.0 Å². The number of nitrogens with one attached hydrogen (secondary N) is 1. The van der Waals surface area contributed by atoms with E-state index in [2.05, 4.69) is 15.3 Å². The largest absolute Gasteiger partial charge is 0.363 e. The Bertz CT molecular complexity index is 649. The van der Waals surface area contributed by atoms with Crippen LogP contribution in [0.2, 0.25) is 0 Å². The van der Waals surface area contributed by atoms with Crippen LogP contribution in [-0.2, 0) is 20.7 Å². The van der Waals surface area contributed by atoms with Crippen molar-refractivity contribution in [2.75, 3.05) is 19.6 Å². The number of carbonyl (C=O) groups is 2. The van der Waals surface area contributed by atoms with Crippen molar-refractivity contribution in [3.63, 3.8) is 0 Å². The van der Waals surface area contributed by atoms with Crippen LogP contribution in [0, 0.1) is 11.8 Å². The number of amides is 2. The molecule has 0 unspecified atom stereocenters. The molecule has 2 aliphatic heterocycles. The number of hydrogen-bond donors (Lipinski definition) is 1. The topological polar surface area (TPSA) is 84.4 Å². The molecule has 1 saturated carbocycles. The second-order valence-electron chi connectivity index (χ2n) is 7.72. The second-order valence-corrected chi connectivity index (χ2v) is 7.72. The summed E-state index contributed by atoms with van der Waals surface area (Å²) in [5.74, 6) is 1.22. The number of aromatic nitrogens is 2. The van der Waals surface area contributed by atoms with E-state index in [-0.39, 0.29) is 24.0 Å². The number of ether oxygens (including phenoxy) is 1. The van der Waals surface area contributed by atoms with E-state index in [1.807, 2.05) is 4.90 Å². The highest BCUT2D eigenvalue weighted by Gasteiger charge is 2.42. The molecule has 7 heteroatoms. The molecule has 0 radical (unpaired) electrons. The summed E-state index contributed by atoms with van der Waals surface area (Å²) in [5.41, 5.74) is 0.972. The molecule has 2 amide bonds. The Morgan fingerprint density at radius 1 is 1.23 bits per heavy atom. The van der Waals surface area contributed by atoms with Crippen LogP contribution in [0.25, 0.3) is 0 Å². The zero-order chi connectivity index (χ0) is 17.9. The Balaban J connectivity index is 1.24. The number of aryl methyl sites for hydroxylation is 1. The Labute approximate surface area is 153 Å². The Kier molecular flexibility index (Phi) is 5.15. The molecule has 0 spiro atoms. The van der Waals surface area contributed by atoms with Crippen molar-refractivity contribution < 1.29 is 14.3 Å². The van der Waals surface area contributed by atoms with Crippen LogP contribution >= 0.6 is 0 Å². The van der Waals surface area contributed by atoms with E-state index < -0.39 is 0 Å². The first-order valence-corrected chi connectivity index (χ1v) is 9.64. The van der Waals surface area contributed by atoms with Crippen molar-refractivity contribution in [2.45, 2.75) is 50.7 Å². The molecule has 140 valence electrons. The maximum atomic E-state index is 12.5. The summed E-state index contributed by atoms with van der Waals surface area (Å²) in [7, 11) is 0. The van der Waals surface area contributed by atoms with E-state index in [4.69, 9.17) is 4.74 Å². The predicted molar refractivity (Wildman–Crippen MR) is 94.1 cm³/mol. The molecule has 1 aromatic heterocycles. The summed E-state index contributed by atoms with van der Waals surface area (Å²) in [6.45, 7) is 2.13. The minimum Gasteiger partial charge on any atom is -0.363 e. The summed E-state index contributed by atoms with van der Waals surface area (Å²) < 4.78 is 6.00. The standard InChI is InChI=1S/C19H26N4O3/c24-18(4-3-14-8-20-12-21-9-14)23-6-5-15-7-16(26-17(15)11-23)19(25)22-10-13-1-2-13/h8-9,12-13,15-17H,1-7,10-11H2,(H,22,25)/t15-,16-,17+/m0/s1. The van der Waals surface area contributed by atoms with Crippen molar-refractivity contribution in [3.05, 3.63) is 24.3 Å². The minimum atomic E-state index is -0.347. The first-order chi connectivity index (χ1) is 12.7. The number of likely N-dealkylation sites (tertiary alicyclic amines) is 1. The molecule has 26 heavy (non-hydrogen) atoms. The SMILES string of the molecule is O=C(NCC1CC1)[C@@H]1C[C@@H]2CCN(C(=O)CCc3cncnc3)C[C@H]2O1. The van der Waals surface area contributed by atoms with Crippen molar-refractivity contribution >= 4 is 11.8 Å². The van der Waals surface area contributed by atoms with E-state index >= 15 is 0 Å². The lowest BCUT2D eigenvalue weighted by molar-refractivity contribution is -0.138. The zero-order valence-corrected chi connectivity index (χ0v) is 15.0. The molecule has 1 aromatic rings. The molecule has 1 aliphatic carbocycles. The summed E-state index contributed by atoms with van der Waals surface area (Å²) in [4.78, 5) is 34.6. The van der Waals surface area contributed by atoms with Crippen LogP contribution in [0.4, 0.5) is 0 Å². The lowest BCUT2D eigenvalue weighted by atomic mass is 9.91. The third kappa shape index (κ3) is 4.20. The predicted octanol–water partition coefficient (Wildman–Crippen LogP) is 0.941. The molecule has 3 aliphatic rings. The van der Waals surface area contributed by atoms with Gasteiger partial charge >= 0.3 is 0 Å². The molecule has 0 bridgehead atoms. The van der Waals surface area contributed by atoms with E-state index in [1.54, 1.807) is 12.4 Å². The quantitative estimate of drug-likeness (QED) is 0.818.